The second-order valence-corrected chi connectivity index (χ2v) is 14.8. The maximum absolute atomic E-state index is 11.2. The summed E-state index contributed by atoms with van der Waals surface area (Å²) in [4.78, 5) is 21.3. The van der Waals surface area contributed by atoms with Gasteiger partial charge in [-0.2, -0.15) is 4.98 Å². The molecule has 0 aliphatic heterocycles. The van der Waals surface area contributed by atoms with Crippen LogP contribution in [0.1, 0.15) is 11.5 Å². The molecule has 9 nitrogen and oxygen atoms in total. The minimum absolute atomic E-state index is 0.120. The number of carboxylic acid groups (broad SMARTS) is 1. The van der Waals surface area contributed by atoms with Crippen molar-refractivity contribution in [1.82, 2.24) is 19.4 Å². The largest absolute Gasteiger partial charge is 0.467 e. The smallest absolute Gasteiger partial charge is 0.407 e. The summed E-state index contributed by atoms with van der Waals surface area (Å²) < 4.78 is 13.3. The van der Waals surface area contributed by atoms with Crippen molar-refractivity contribution < 1.29 is 19.1 Å². The molecule has 3 aromatic rings. The molecule has 0 radical (unpaired) electrons. The molecule has 174 valence electrons. The fourth-order valence-electron chi connectivity index (χ4n) is 3.13. The minimum atomic E-state index is -1.22. The van der Waals surface area contributed by atoms with Gasteiger partial charge in [-0.05, 0) is 35.8 Å². The lowest BCUT2D eigenvalue weighted by molar-refractivity contribution is 0.0878. The first-order chi connectivity index (χ1) is 15.1. The zero-order valence-electron chi connectivity index (χ0n) is 18.9. The molecule has 3 aromatic heterocycles. The van der Waals surface area contributed by atoms with Crippen LogP contribution in [0.3, 0.4) is 0 Å². The molecule has 0 atom stereocenters. The van der Waals surface area contributed by atoms with Crippen molar-refractivity contribution in [2.45, 2.75) is 45.4 Å². The molecule has 2 N–H and O–H groups in total. The summed E-state index contributed by atoms with van der Waals surface area (Å²) in [5, 5.41) is 13.4. The molecule has 32 heavy (non-hydrogen) atoms. The second kappa shape index (κ2) is 10.4. The van der Waals surface area contributed by atoms with Gasteiger partial charge in [-0.25, -0.2) is 9.78 Å². The first kappa shape index (κ1) is 24.1. The summed E-state index contributed by atoms with van der Waals surface area (Å²) in [6.45, 7) is 8.67. The monoisotopic (exact) mass is 479 g/mol. The van der Waals surface area contributed by atoms with Crippen LogP contribution in [0, 0.1) is 0 Å². The normalized spacial score (nSPS) is 11.8. The Morgan fingerprint density at radius 3 is 2.81 bits per heavy atom. The molecule has 0 fully saturated rings. The van der Waals surface area contributed by atoms with Gasteiger partial charge < -0.3 is 29.0 Å². The van der Waals surface area contributed by atoms with E-state index in [2.05, 4.69) is 34.9 Å². The predicted octanol–water partition coefficient (Wildman–Crippen LogP) is 4.75. The van der Waals surface area contributed by atoms with Gasteiger partial charge in [0.05, 0.1) is 18.2 Å². The summed E-state index contributed by atoms with van der Waals surface area (Å²) in [6.07, 6.45) is 1.15. The van der Waals surface area contributed by atoms with Crippen molar-refractivity contribution in [2.24, 2.45) is 0 Å². The molecule has 0 spiro atoms. The molecular formula is C21H30ClN5O4Si. The molecule has 0 aliphatic rings. The van der Waals surface area contributed by atoms with Crippen LogP contribution >= 0.6 is 11.6 Å². The molecule has 0 aromatic carbocycles. The molecule has 0 aliphatic carbocycles. The van der Waals surface area contributed by atoms with Crippen LogP contribution in [-0.2, 0) is 24.4 Å². The van der Waals surface area contributed by atoms with Gasteiger partial charge in [0.25, 0.3) is 0 Å². The van der Waals surface area contributed by atoms with E-state index in [-0.39, 0.29) is 5.28 Å². The summed E-state index contributed by atoms with van der Waals surface area (Å²) in [7, 11) is 0.332. The number of fused-ring (bicyclic) bond motifs is 1. The van der Waals surface area contributed by atoms with Crippen LogP contribution in [0.2, 0.25) is 31.0 Å². The Bertz CT molecular complexity index is 1050. The molecule has 0 saturated carbocycles. The van der Waals surface area contributed by atoms with Crippen LogP contribution in [0.25, 0.3) is 11.0 Å². The van der Waals surface area contributed by atoms with Crippen LogP contribution in [0.15, 0.2) is 28.9 Å². The first-order valence-corrected chi connectivity index (χ1v) is 14.6. The standard InChI is InChI=1S/C21H30ClN5O4Si/c1-26(21(28)29)8-7-15-12-17-18(23-13-16-6-5-9-31-16)24-20(22)25-19(17)27(15)14-30-10-11-32(2,3)4/h5-6,9,12H,7-8,10-11,13-14H2,1-4H3,(H,28,29)(H,23,24,25). The molecule has 3 rings (SSSR count). The number of amides is 1. The highest BCUT2D eigenvalue weighted by Gasteiger charge is 2.18. The molecule has 0 bridgehead atoms. The highest BCUT2D eigenvalue weighted by atomic mass is 35.5. The van der Waals surface area contributed by atoms with E-state index in [1.165, 1.54) is 4.90 Å². The number of nitrogens with zero attached hydrogens (tertiary/aromatic N) is 4. The first-order valence-electron chi connectivity index (χ1n) is 10.5. The Kier molecular flexibility index (Phi) is 7.80. The van der Waals surface area contributed by atoms with Crippen LogP contribution in [0.4, 0.5) is 10.6 Å². The summed E-state index contributed by atoms with van der Waals surface area (Å²) in [6, 6.07) is 6.71. The highest BCUT2D eigenvalue weighted by molar-refractivity contribution is 6.76. The van der Waals surface area contributed by atoms with Gasteiger partial charge in [0.1, 0.15) is 24.0 Å². The van der Waals surface area contributed by atoms with E-state index < -0.39 is 14.2 Å². The number of aromatic nitrogens is 3. The van der Waals surface area contributed by atoms with Crippen LogP contribution in [0.5, 0.6) is 0 Å². The fraction of sp³-hybridized carbons (Fsp3) is 0.476. The zero-order chi connectivity index (χ0) is 23.3. The van der Waals surface area contributed by atoms with E-state index >= 15 is 0 Å². The van der Waals surface area contributed by atoms with Crippen molar-refractivity contribution in [2.75, 3.05) is 25.5 Å². The lowest BCUT2D eigenvalue weighted by Crippen LogP contribution is -2.27. The molecule has 11 heteroatoms. The van der Waals surface area contributed by atoms with Crippen molar-refractivity contribution >= 4 is 42.6 Å². The number of rotatable bonds is 11. The maximum atomic E-state index is 11.2. The summed E-state index contributed by atoms with van der Waals surface area (Å²) in [5.41, 5.74) is 1.55. The Morgan fingerprint density at radius 2 is 2.16 bits per heavy atom. The number of halogens is 1. The molecule has 3 heterocycles. The number of hydrogen-bond acceptors (Lipinski definition) is 6. The zero-order valence-corrected chi connectivity index (χ0v) is 20.6. The Morgan fingerprint density at radius 1 is 1.38 bits per heavy atom. The molecule has 0 saturated heterocycles. The summed E-state index contributed by atoms with van der Waals surface area (Å²) in [5.74, 6) is 1.36. The maximum Gasteiger partial charge on any atom is 0.407 e. The number of anilines is 1. The number of hydrogen-bond donors (Lipinski definition) is 2. The molecule has 1 amide bonds. The Labute approximate surface area is 193 Å². The lowest BCUT2D eigenvalue weighted by Gasteiger charge is -2.17. The molecule has 0 unspecified atom stereocenters. The average molecular weight is 480 g/mol. The van der Waals surface area contributed by atoms with Crippen molar-refractivity contribution in [1.29, 1.82) is 0 Å². The number of carbonyl (C=O) groups is 1. The third-order valence-corrected chi connectivity index (χ3v) is 6.94. The van der Waals surface area contributed by atoms with E-state index in [0.717, 1.165) is 22.9 Å². The average Bonchev–Trinajstić information content (AvgIpc) is 3.34. The van der Waals surface area contributed by atoms with Gasteiger partial charge in [-0.15, -0.1) is 0 Å². The third-order valence-electron chi connectivity index (χ3n) is 5.07. The number of likely N-dealkylation sites (N-methyl/N-ethyl adjacent to an activating group) is 1. The topological polar surface area (TPSA) is 106 Å². The SMILES string of the molecule is CN(CCc1cc2c(NCc3ccco3)nc(Cl)nc2n1COCC[Si](C)(C)C)C(=O)O. The van der Waals surface area contributed by atoms with E-state index in [1.807, 2.05) is 22.8 Å². The Hall–Kier alpha value is -2.56. The van der Waals surface area contributed by atoms with E-state index in [1.54, 1.807) is 13.3 Å². The van der Waals surface area contributed by atoms with E-state index in [4.69, 9.17) is 20.8 Å². The van der Waals surface area contributed by atoms with Gasteiger partial charge >= 0.3 is 6.09 Å². The Balaban J connectivity index is 1.88. The third kappa shape index (κ3) is 6.47. The number of ether oxygens (including phenoxy) is 1. The summed E-state index contributed by atoms with van der Waals surface area (Å²) >= 11 is 6.24. The predicted molar refractivity (Wildman–Crippen MR) is 127 cm³/mol. The minimum Gasteiger partial charge on any atom is -0.467 e. The molecular weight excluding hydrogens is 450 g/mol. The quantitative estimate of drug-likeness (QED) is 0.232. The van der Waals surface area contributed by atoms with E-state index in [9.17, 15) is 9.90 Å². The van der Waals surface area contributed by atoms with Gasteiger partial charge in [0.2, 0.25) is 5.28 Å². The van der Waals surface area contributed by atoms with Crippen molar-refractivity contribution in [3.05, 3.63) is 41.2 Å². The number of nitrogens with one attached hydrogen (secondary N) is 1. The number of furan rings is 1. The second-order valence-electron chi connectivity index (χ2n) is 8.88. The van der Waals surface area contributed by atoms with Crippen LogP contribution < -0.4 is 5.32 Å². The van der Waals surface area contributed by atoms with Crippen molar-refractivity contribution in [3.63, 3.8) is 0 Å². The van der Waals surface area contributed by atoms with Gasteiger partial charge in [-0.3, -0.25) is 0 Å². The lowest BCUT2D eigenvalue weighted by atomic mass is 10.2. The van der Waals surface area contributed by atoms with Gasteiger partial charge in [0, 0.05) is 40.4 Å². The van der Waals surface area contributed by atoms with Crippen LogP contribution in [-0.4, -0.2) is 58.9 Å². The van der Waals surface area contributed by atoms with E-state index in [0.29, 0.717) is 44.3 Å². The van der Waals surface area contributed by atoms with Gasteiger partial charge in [-0.1, -0.05) is 19.6 Å². The van der Waals surface area contributed by atoms with Crippen molar-refractivity contribution in [3.8, 4) is 0 Å². The van der Waals surface area contributed by atoms with Gasteiger partial charge in [0.15, 0.2) is 0 Å². The fourth-order valence-corrected chi connectivity index (χ4v) is 4.05. The highest BCUT2D eigenvalue weighted by Crippen LogP contribution is 2.27.